The van der Waals surface area contributed by atoms with E-state index in [1.54, 1.807) is 21.3 Å². The van der Waals surface area contributed by atoms with Gasteiger partial charge in [0.1, 0.15) is 0 Å². The maximum atomic E-state index is 12.9. The standard InChI is InChI=1S/C23H20O8/c1-25-17-9-12-13(20(26-2)21(17)27-3)8-14-19(22(24)31-23(14)28-4)18(12)11-5-6-15-16(7-11)30-10-29-15/h5-9,23H,10H2,1-4H3. The summed E-state index contributed by atoms with van der Waals surface area (Å²) in [6.07, 6.45) is -0.822. The summed E-state index contributed by atoms with van der Waals surface area (Å²) in [5, 5.41) is 1.47. The minimum Gasteiger partial charge on any atom is -0.493 e. The van der Waals surface area contributed by atoms with Gasteiger partial charge < -0.3 is 33.2 Å². The number of fused-ring (bicyclic) bond motifs is 3. The quantitative estimate of drug-likeness (QED) is 0.567. The van der Waals surface area contributed by atoms with Crippen molar-refractivity contribution in [2.45, 2.75) is 6.29 Å². The summed E-state index contributed by atoms with van der Waals surface area (Å²) in [4.78, 5) is 12.9. The summed E-state index contributed by atoms with van der Waals surface area (Å²) in [5.41, 5.74) is 2.45. The Morgan fingerprint density at radius 3 is 2.32 bits per heavy atom. The molecular weight excluding hydrogens is 404 g/mol. The number of rotatable bonds is 5. The van der Waals surface area contributed by atoms with Crippen molar-refractivity contribution < 1.29 is 38.0 Å². The van der Waals surface area contributed by atoms with E-state index >= 15 is 0 Å². The molecule has 2 heterocycles. The Hall–Kier alpha value is -3.65. The summed E-state index contributed by atoms with van der Waals surface area (Å²) in [6, 6.07) is 9.19. The van der Waals surface area contributed by atoms with Gasteiger partial charge in [-0.05, 0) is 35.2 Å². The van der Waals surface area contributed by atoms with Crippen LogP contribution in [0.3, 0.4) is 0 Å². The van der Waals surface area contributed by atoms with Gasteiger partial charge >= 0.3 is 5.97 Å². The van der Waals surface area contributed by atoms with Crippen molar-refractivity contribution in [1.29, 1.82) is 0 Å². The van der Waals surface area contributed by atoms with Gasteiger partial charge in [-0.1, -0.05) is 6.07 Å². The molecule has 0 spiro atoms. The minimum atomic E-state index is -0.822. The van der Waals surface area contributed by atoms with Crippen LogP contribution in [0.4, 0.5) is 0 Å². The molecule has 160 valence electrons. The SMILES string of the molecule is COc1cc2c(-c3ccc4c(c3)OCO4)c3c(cc2c(OC)c1OC)C(OC)OC3=O. The summed E-state index contributed by atoms with van der Waals surface area (Å²) in [6.45, 7) is 0.152. The lowest BCUT2D eigenvalue weighted by atomic mass is 9.89. The molecule has 0 aromatic heterocycles. The second-order valence-electron chi connectivity index (χ2n) is 7.00. The molecule has 0 amide bonds. The second kappa shape index (κ2) is 7.24. The number of methoxy groups -OCH3 is 4. The average molecular weight is 424 g/mol. The third-order valence-electron chi connectivity index (χ3n) is 5.52. The molecule has 0 fully saturated rings. The molecule has 0 N–H and O–H groups in total. The van der Waals surface area contributed by atoms with E-state index in [1.165, 1.54) is 7.11 Å². The highest BCUT2D eigenvalue weighted by molar-refractivity contribution is 6.13. The van der Waals surface area contributed by atoms with Crippen LogP contribution in [-0.4, -0.2) is 41.2 Å². The highest BCUT2D eigenvalue weighted by atomic mass is 16.7. The van der Waals surface area contributed by atoms with E-state index in [4.69, 9.17) is 33.2 Å². The summed E-state index contributed by atoms with van der Waals surface area (Å²) < 4.78 is 38.7. The van der Waals surface area contributed by atoms with Gasteiger partial charge in [0.25, 0.3) is 0 Å². The molecule has 1 atom stereocenters. The first-order chi connectivity index (χ1) is 15.1. The fourth-order valence-corrected chi connectivity index (χ4v) is 4.19. The monoisotopic (exact) mass is 424 g/mol. The van der Waals surface area contributed by atoms with Crippen molar-refractivity contribution in [3.63, 3.8) is 0 Å². The molecule has 31 heavy (non-hydrogen) atoms. The molecule has 2 aliphatic rings. The van der Waals surface area contributed by atoms with E-state index in [0.717, 1.165) is 16.3 Å². The molecule has 5 rings (SSSR count). The van der Waals surface area contributed by atoms with Crippen LogP contribution in [0.15, 0.2) is 30.3 Å². The number of esters is 1. The van der Waals surface area contributed by atoms with Crippen LogP contribution in [0.1, 0.15) is 22.2 Å². The Bertz CT molecular complexity index is 1220. The Morgan fingerprint density at radius 2 is 1.61 bits per heavy atom. The fraction of sp³-hybridized carbons (Fsp3) is 0.261. The van der Waals surface area contributed by atoms with Crippen molar-refractivity contribution in [2.75, 3.05) is 35.2 Å². The van der Waals surface area contributed by atoms with Crippen LogP contribution in [-0.2, 0) is 9.47 Å². The van der Waals surface area contributed by atoms with Gasteiger partial charge in [-0.3, -0.25) is 0 Å². The number of cyclic esters (lactones) is 1. The normalized spacial score (nSPS) is 16.3. The first-order valence-electron chi connectivity index (χ1n) is 9.54. The van der Waals surface area contributed by atoms with Gasteiger partial charge in [-0.15, -0.1) is 0 Å². The molecule has 8 nitrogen and oxygen atoms in total. The van der Waals surface area contributed by atoms with Gasteiger partial charge in [0.2, 0.25) is 18.8 Å². The van der Waals surface area contributed by atoms with E-state index in [2.05, 4.69) is 0 Å². The second-order valence-corrected chi connectivity index (χ2v) is 7.00. The van der Waals surface area contributed by atoms with Crippen LogP contribution in [0.2, 0.25) is 0 Å². The van der Waals surface area contributed by atoms with Crippen molar-refractivity contribution in [1.82, 2.24) is 0 Å². The lowest BCUT2D eigenvalue weighted by Gasteiger charge is -2.19. The third kappa shape index (κ3) is 2.75. The molecule has 1 unspecified atom stereocenters. The molecule has 3 aromatic carbocycles. The minimum absolute atomic E-state index is 0.152. The largest absolute Gasteiger partial charge is 0.493 e. The van der Waals surface area contributed by atoms with Gasteiger partial charge in [0.05, 0.1) is 26.9 Å². The van der Waals surface area contributed by atoms with Crippen molar-refractivity contribution in [2.24, 2.45) is 0 Å². The molecular formula is C23H20O8. The van der Waals surface area contributed by atoms with Crippen LogP contribution in [0.25, 0.3) is 21.9 Å². The Balaban J connectivity index is 1.92. The average Bonchev–Trinajstić information content (AvgIpc) is 3.39. The van der Waals surface area contributed by atoms with Crippen molar-refractivity contribution >= 4 is 16.7 Å². The van der Waals surface area contributed by atoms with Gasteiger partial charge in [-0.2, -0.15) is 0 Å². The molecule has 2 aliphatic heterocycles. The van der Waals surface area contributed by atoms with Crippen molar-refractivity contribution in [3.8, 4) is 39.9 Å². The first-order valence-corrected chi connectivity index (χ1v) is 9.54. The van der Waals surface area contributed by atoms with E-state index < -0.39 is 12.3 Å². The number of carbonyl (C=O) groups excluding carboxylic acids is 1. The molecule has 3 aromatic rings. The topological polar surface area (TPSA) is 81.7 Å². The Kier molecular flexibility index (Phi) is 4.51. The van der Waals surface area contributed by atoms with E-state index in [1.807, 2.05) is 30.3 Å². The summed E-state index contributed by atoms with van der Waals surface area (Å²) in [5.74, 6) is 2.19. The number of hydrogen-bond acceptors (Lipinski definition) is 8. The zero-order valence-corrected chi connectivity index (χ0v) is 17.4. The number of ether oxygens (including phenoxy) is 7. The van der Waals surface area contributed by atoms with E-state index in [9.17, 15) is 4.79 Å². The highest BCUT2D eigenvalue weighted by Crippen LogP contribution is 2.51. The maximum Gasteiger partial charge on any atom is 0.341 e. The van der Waals surface area contributed by atoms with Crippen LogP contribution >= 0.6 is 0 Å². The molecule has 0 aliphatic carbocycles. The van der Waals surface area contributed by atoms with E-state index in [-0.39, 0.29) is 6.79 Å². The molecule has 0 radical (unpaired) electrons. The molecule has 0 saturated carbocycles. The third-order valence-corrected chi connectivity index (χ3v) is 5.52. The predicted octanol–water partition coefficient (Wildman–Crippen LogP) is 4.08. The number of hydrogen-bond donors (Lipinski definition) is 0. The maximum absolute atomic E-state index is 12.9. The summed E-state index contributed by atoms with van der Waals surface area (Å²) in [7, 11) is 6.14. The molecule has 0 bridgehead atoms. The molecule has 0 saturated heterocycles. The van der Waals surface area contributed by atoms with Crippen LogP contribution in [0.5, 0.6) is 28.7 Å². The zero-order chi connectivity index (χ0) is 21.7. The predicted molar refractivity (Wildman–Crippen MR) is 110 cm³/mol. The summed E-state index contributed by atoms with van der Waals surface area (Å²) >= 11 is 0. The molecule has 8 heteroatoms. The smallest absolute Gasteiger partial charge is 0.341 e. The van der Waals surface area contributed by atoms with Crippen LogP contribution in [0, 0.1) is 0 Å². The van der Waals surface area contributed by atoms with Gasteiger partial charge in [0.15, 0.2) is 23.0 Å². The lowest BCUT2D eigenvalue weighted by molar-refractivity contribution is -0.0815. The highest BCUT2D eigenvalue weighted by Gasteiger charge is 2.37. The first kappa shape index (κ1) is 19.3. The van der Waals surface area contributed by atoms with Crippen molar-refractivity contribution in [3.05, 3.63) is 41.5 Å². The fourth-order valence-electron chi connectivity index (χ4n) is 4.19. The van der Waals surface area contributed by atoms with E-state index in [0.29, 0.717) is 45.4 Å². The number of benzene rings is 3. The Morgan fingerprint density at radius 1 is 0.839 bits per heavy atom. The van der Waals surface area contributed by atoms with Crippen LogP contribution < -0.4 is 23.7 Å². The number of carbonyl (C=O) groups is 1. The van der Waals surface area contributed by atoms with Gasteiger partial charge in [0, 0.05) is 23.6 Å². The zero-order valence-electron chi connectivity index (χ0n) is 17.4. The Labute approximate surface area is 178 Å². The van der Waals surface area contributed by atoms with Gasteiger partial charge in [-0.25, -0.2) is 4.79 Å². The lowest BCUT2D eigenvalue weighted by Crippen LogP contribution is -2.01.